The predicted molar refractivity (Wildman–Crippen MR) is 18.1 cm³/mol. The number of rotatable bonds is 0. The largest absolute Gasteiger partial charge is 0.427 e. The fraction of sp³-hybridized carbons (Fsp3) is 0. The van der Waals surface area contributed by atoms with Gasteiger partial charge in [0.2, 0.25) is 0 Å². The van der Waals surface area contributed by atoms with Gasteiger partial charge in [0, 0.05) is 0 Å². The van der Waals surface area contributed by atoms with Crippen LogP contribution < -0.4 is 0 Å². The maximum absolute atomic E-state index is 9.27. The molecule has 0 heterocycles. The lowest BCUT2D eigenvalue weighted by molar-refractivity contribution is 0.326. The van der Waals surface area contributed by atoms with Gasteiger partial charge >= 0.3 is 0 Å². The molecule has 0 bridgehead atoms. The smallest absolute Gasteiger partial charge is 0.0734 e. The maximum Gasteiger partial charge on any atom is -0.0734 e. The van der Waals surface area contributed by atoms with Gasteiger partial charge in [0.1, 0.15) is 0 Å². The van der Waals surface area contributed by atoms with Crippen LogP contribution in [0.4, 0.5) is 0 Å². The van der Waals surface area contributed by atoms with E-state index in [9.17, 15) is 4.21 Å². The minimum Gasteiger partial charge on any atom is -0.427 e. The molecule has 3 nitrogen and oxygen atoms in total. The Morgan fingerprint density at radius 2 is 2.20 bits per heavy atom. The Hall–Kier alpha value is 0.200. The molecule has 1 N–H and O–H groups in total. The van der Waals surface area contributed by atoms with Gasteiger partial charge in [-0.2, -0.15) is 0 Å². The van der Waals surface area contributed by atoms with Gasteiger partial charge in [-0.05, 0) is 0 Å². The standard InChI is InChI=1S/ClHNO2S/c1-5(4)2-3/h3H/q-1. The molecule has 0 aromatic carbocycles. The van der Waals surface area contributed by atoms with Crippen molar-refractivity contribution in [2.24, 2.45) is 4.53 Å². The van der Waals surface area contributed by atoms with E-state index in [2.05, 4.69) is 15.2 Å². The summed E-state index contributed by atoms with van der Waals surface area (Å²) in [5.74, 6) is 0. The number of halogens is 1. The van der Waals surface area contributed by atoms with Gasteiger partial charge in [-0.15, -0.1) is 0 Å². The maximum atomic E-state index is 9.27. The van der Waals surface area contributed by atoms with Crippen LogP contribution in [-0.4, -0.2) is 5.21 Å². The van der Waals surface area contributed by atoms with Crippen molar-refractivity contribution in [3.05, 3.63) is 0 Å². The molecule has 0 aliphatic carbocycles. The lowest BCUT2D eigenvalue weighted by atomic mass is 13.6. The average molecular weight is 115 g/mol. The van der Waals surface area contributed by atoms with Gasteiger partial charge in [-0.3, -0.25) is 5.21 Å². The van der Waals surface area contributed by atoms with Crippen molar-refractivity contribution in [2.45, 2.75) is 0 Å². The van der Waals surface area contributed by atoms with E-state index in [0.717, 1.165) is 0 Å². The third-order valence-electron chi connectivity index (χ3n) is 0.0642. The molecule has 0 rings (SSSR count). The van der Waals surface area contributed by atoms with Crippen molar-refractivity contribution >= 4 is 20.5 Å². The Kier molecular flexibility index (Phi) is 2.54. The summed E-state index contributed by atoms with van der Waals surface area (Å²) >= 11 is 0. The molecule has 0 spiro atoms. The van der Waals surface area contributed by atoms with E-state index < -0.39 is 9.81 Å². The Bertz CT molecular complexity index is 81.6. The summed E-state index contributed by atoms with van der Waals surface area (Å²) in [6, 6.07) is 0. The Morgan fingerprint density at radius 1 is 2.00 bits per heavy atom. The van der Waals surface area contributed by atoms with Crippen LogP contribution in [0.2, 0.25) is 0 Å². The number of nitrogens with zero attached hydrogens (tertiary/aromatic N) is 1. The van der Waals surface area contributed by atoms with Crippen molar-refractivity contribution < 1.29 is 9.42 Å². The highest BCUT2D eigenvalue weighted by atomic mass is 35.7. The second kappa shape index (κ2) is 2.44. The zero-order valence-electron chi connectivity index (χ0n) is 2.09. The van der Waals surface area contributed by atoms with E-state index in [1.165, 1.54) is 0 Å². The normalized spacial score (nSPS) is 15.6. The first-order chi connectivity index (χ1) is 2.27. The monoisotopic (exact) mass is 114 g/mol. The lowest BCUT2D eigenvalue weighted by Crippen LogP contribution is -1.46. The van der Waals surface area contributed by atoms with Crippen molar-refractivity contribution in [2.75, 3.05) is 0 Å². The van der Waals surface area contributed by atoms with Gasteiger partial charge in [-0.1, -0.05) is 9.81 Å². The van der Waals surface area contributed by atoms with Crippen molar-refractivity contribution in [3.8, 4) is 0 Å². The first-order valence-corrected chi connectivity index (χ1v) is 2.64. The minimum atomic E-state index is -1.92. The van der Waals surface area contributed by atoms with E-state index >= 15 is 0 Å². The molecule has 0 amide bonds. The molecule has 32 valence electrons. The van der Waals surface area contributed by atoms with Gasteiger partial charge in [0.05, 0.1) is 0 Å². The molecule has 0 fully saturated rings. The Balaban J connectivity index is 3.62. The van der Waals surface area contributed by atoms with Crippen LogP contribution in [0.1, 0.15) is 0 Å². The van der Waals surface area contributed by atoms with Crippen LogP contribution in [0.3, 0.4) is 0 Å². The van der Waals surface area contributed by atoms with E-state index in [0.29, 0.717) is 0 Å². The molecule has 0 unspecified atom stereocenters. The molecule has 0 aromatic heterocycles. The molecule has 5 heavy (non-hydrogen) atoms. The van der Waals surface area contributed by atoms with Gasteiger partial charge in [0.25, 0.3) is 0 Å². The molecular weight excluding hydrogens is 114 g/mol. The molecule has 0 aromatic rings. The summed E-state index contributed by atoms with van der Waals surface area (Å²) in [4.78, 5) is 0. The highest BCUT2D eigenvalue weighted by Crippen LogP contribution is 1.72. The minimum absolute atomic E-state index is 1.92. The SMILES string of the molecule is O=[S-](Cl)=NO. The molecular formula is HClNO2S-. The van der Waals surface area contributed by atoms with Crippen LogP contribution in [0.15, 0.2) is 4.53 Å². The fourth-order valence-electron chi connectivity index (χ4n) is 0. The van der Waals surface area contributed by atoms with Crippen LogP contribution in [-0.2, 0) is 14.0 Å². The Morgan fingerprint density at radius 3 is 2.20 bits per heavy atom. The van der Waals surface area contributed by atoms with Crippen molar-refractivity contribution in [3.63, 3.8) is 0 Å². The summed E-state index contributed by atoms with van der Waals surface area (Å²) in [5, 5.41) is 7.34. The summed E-state index contributed by atoms with van der Waals surface area (Å²) in [6.07, 6.45) is 0. The van der Waals surface area contributed by atoms with E-state index in [1.807, 2.05) is 0 Å². The third kappa shape index (κ3) is 4.20. The lowest BCUT2D eigenvalue weighted by Gasteiger charge is -1.73. The third-order valence-corrected chi connectivity index (χ3v) is 0.378. The van der Waals surface area contributed by atoms with E-state index in [1.54, 1.807) is 0 Å². The second-order valence-electron chi connectivity index (χ2n) is 0.288. The van der Waals surface area contributed by atoms with Crippen molar-refractivity contribution in [1.29, 1.82) is 0 Å². The van der Waals surface area contributed by atoms with Crippen LogP contribution in [0.5, 0.6) is 0 Å². The molecule has 5 heteroatoms. The highest BCUT2D eigenvalue weighted by Gasteiger charge is 1.35. The fourth-order valence-corrected chi connectivity index (χ4v) is 0. The summed E-state index contributed by atoms with van der Waals surface area (Å²) in [6.45, 7) is 0. The average Bonchev–Trinajstić information content (AvgIpc) is 1.38. The summed E-state index contributed by atoms with van der Waals surface area (Å²) in [5.41, 5.74) is 0. The van der Waals surface area contributed by atoms with Gasteiger partial charge < -0.3 is 4.21 Å². The number of hydrogen-bond acceptors (Lipinski definition) is 3. The first kappa shape index (κ1) is 5.20. The van der Waals surface area contributed by atoms with Crippen molar-refractivity contribution in [1.82, 2.24) is 0 Å². The molecule has 0 saturated heterocycles. The quantitative estimate of drug-likeness (QED) is 0.286. The zero-order chi connectivity index (χ0) is 4.28. The summed E-state index contributed by atoms with van der Waals surface area (Å²) < 4.78 is 11.4. The zero-order valence-corrected chi connectivity index (χ0v) is 3.66. The van der Waals surface area contributed by atoms with Gasteiger partial charge in [0.15, 0.2) is 0 Å². The molecule has 0 atom stereocenters. The molecule has 0 radical (unpaired) electrons. The Labute approximate surface area is 35.2 Å². The number of hydrogen-bond donors (Lipinski definition) is 1. The van der Waals surface area contributed by atoms with Gasteiger partial charge in [-0.25, -0.2) is 15.2 Å². The molecule has 0 aliphatic heterocycles. The summed E-state index contributed by atoms with van der Waals surface area (Å²) in [7, 11) is 2.60. The first-order valence-electron chi connectivity index (χ1n) is 0.704. The second-order valence-corrected chi connectivity index (χ2v) is 1.66. The highest BCUT2D eigenvalue weighted by molar-refractivity contribution is 7.99. The van der Waals surface area contributed by atoms with Crippen LogP contribution in [0.25, 0.3) is 0 Å². The van der Waals surface area contributed by atoms with Crippen LogP contribution >= 0.6 is 10.7 Å². The van der Waals surface area contributed by atoms with Crippen LogP contribution in [0, 0.1) is 0 Å². The molecule has 0 aliphatic rings. The predicted octanol–water partition coefficient (Wildman–Crippen LogP) is 0.677. The van der Waals surface area contributed by atoms with E-state index in [-0.39, 0.29) is 0 Å². The topological polar surface area (TPSA) is 49.7 Å². The molecule has 0 saturated carbocycles. The van der Waals surface area contributed by atoms with E-state index in [4.69, 9.17) is 5.21 Å².